The van der Waals surface area contributed by atoms with E-state index in [1.54, 1.807) is 4.90 Å². The minimum Gasteiger partial charge on any atom is -0.465 e. The second-order valence-corrected chi connectivity index (χ2v) is 10.3. The predicted octanol–water partition coefficient (Wildman–Crippen LogP) is 5.62. The Labute approximate surface area is 201 Å². The summed E-state index contributed by atoms with van der Waals surface area (Å²) in [7, 11) is 0. The van der Waals surface area contributed by atoms with Crippen LogP contribution in [0.1, 0.15) is 35.1 Å². The first-order valence-electron chi connectivity index (χ1n) is 12.6. The maximum absolute atomic E-state index is 12.9. The smallest absolute Gasteiger partial charge is 0.408 e. The second kappa shape index (κ2) is 8.59. The molecule has 34 heavy (non-hydrogen) atoms. The molecule has 4 nitrogen and oxygen atoms in total. The molecule has 4 heteroatoms. The predicted molar refractivity (Wildman–Crippen MR) is 134 cm³/mol. The van der Waals surface area contributed by atoms with Gasteiger partial charge in [-0.3, -0.25) is 9.80 Å². The number of piperidine rings is 1. The van der Waals surface area contributed by atoms with Crippen molar-refractivity contribution in [1.82, 2.24) is 9.80 Å². The lowest BCUT2D eigenvalue weighted by Gasteiger charge is -2.56. The van der Waals surface area contributed by atoms with Crippen molar-refractivity contribution < 1.29 is 9.90 Å². The number of fused-ring (bicyclic) bond motifs is 3. The molecule has 0 aromatic heterocycles. The number of hydrogen-bond acceptors (Lipinski definition) is 2. The number of carboxylic acid groups (broad SMARTS) is 1. The van der Waals surface area contributed by atoms with E-state index < -0.39 is 11.6 Å². The van der Waals surface area contributed by atoms with Gasteiger partial charge in [-0.2, -0.15) is 0 Å². The van der Waals surface area contributed by atoms with E-state index in [-0.39, 0.29) is 5.92 Å². The van der Waals surface area contributed by atoms with E-state index in [0.717, 1.165) is 31.6 Å². The van der Waals surface area contributed by atoms with Crippen molar-refractivity contribution in [3.63, 3.8) is 0 Å². The highest BCUT2D eigenvalue weighted by atomic mass is 16.4. The number of carbonyl (C=O) groups is 1. The van der Waals surface area contributed by atoms with Crippen molar-refractivity contribution in [2.75, 3.05) is 19.6 Å². The van der Waals surface area contributed by atoms with E-state index in [4.69, 9.17) is 0 Å². The van der Waals surface area contributed by atoms with Gasteiger partial charge in [-0.1, -0.05) is 84.9 Å². The molecule has 3 atom stereocenters. The first-order chi connectivity index (χ1) is 16.7. The van der Waals surface area contributed by atoms with Crippen LogP contribution < -0.4 is 0 Å². The SMILES string of the molecule is O=C(O)N1CCc2ccccc2C1(c1ccccc1)C1C2CCC1CN(Cc1ccccc1)C2. The molecule has 2 heterocycles. The highest BCUT2D eigenvalue weighted by molar-refractivity contribution is 5.70. The lowest BCUT2D eigenvalue weighted by molar-refractivity contribution is -0.0166. The fourth-order valence-electron chi connectivity index (χ4n) is 7.44. The number of amides is 1. The Kier molecular flexibility index (Phi) is 5.41. The monoisotopic (exact) mass is 452 g/mol. The van der Waals surface area contributed by atoms with Crippen LogP contribution in [0.2, 0.25) is 0 Å². The third-order valence-corrected chi connectivity index (χ3v) is 8.54. The first kappa shape index (κ1) is 21.4. The lowest BCUT2D eigenvalue weighted by atomic mass is 9.61. The fraction of sp³-hybridized carbons (Fsp3) is 0.367. The molecule has 3 aromatic carbocycles. The van der Waals surface area contributed by atoms with Crippen LogP contribution in [0.25, 0.3) is 0 Å². The van der Waals surface area contributed by atoms with Crippen LogP contribution in [0.3, 0.4) is 0 Å². The van der Waals surface area contributed by atoms with Crippen LogP contribution >= 0.6 is 0 Å². The molecule has 2 fully saturated rings. The maximum Gasteiger partial charge on any atom is 0.408 e. The van der Waals surface area contributed by atoms with Crippen LogP contribution in [0.15, 0.2) is 84.9 Å². The van der Waals surface area contributed by atoms with Gasteiger partial charge < -0.3 is 5.11 Å². The van der Waals surface area contributed by atoms with Gasteiger partial charge in [0.15, 0.2) is 0 Å². The summed E-state index contributed by atoms with van der Waals surface area (Å²) >= 11 is 0. The summed E-state index contributed by atoms with van der Waals surface area (Å²) in [5, 5.41) is 10.5. The number of hydrogen-bond donors (Lipinski definition) is 1. The largest absolute Gasteiger partial charge is 0.465 e. The van der Waals surface area contributed by atoms with Crippen molar-refractivity contribution in [3.8, 4) is 0 Å². The van der Waals surface area contributed by atoms with Gasteiger partial charge in [-0.15, -0.1) is 0 Å². The molecule has 0 radical (unpaired) electrons. The molecule has 6 rings (SSSR count). The van der Waals surface area contributed by atoms with Gasteiger partial charge in [-0.25, -0.2) is 4.79 Å². The van der Waals surface area contributed by atoms with Gasteiger partial charge in [0.2, 0.25) is 0 Å². The quantitative estimate of drug-likeness (QED) is 0.558. The molecule has 2 bridgehead atoms. The molecule has 2 aliphatic heterocycles. The van der Waals surface area contributed by atoms with Crippen molar-refractivity contribution in [2.24, 2.45) is 17.8 Å². The zero-order valence-corrected chi connectivity index (χ0v) is 19.5. The van der Waals surface area contributed by atoms with E-state index in [1.807, 2.05) is 6.07 Å². The summed E-state index contributed by atoms with van der Waals surface area (Å²) in [4.78, 5) is 17.3. The van der Waals surface area contributed by atoms with Crippen molar-refractivity contribution in [3.05, 3.63) is 107 Å². The van der Waals surface area contributed by atoms with Gasteiger partial charge in [0.25, 0.3) is 0 Å². The van der Waals surface area contributed by atoms with E-state index in [1.165, 1.54) is 29.5 Å². The summed E-state index contributed by atoms with van der Waals surface area (Å²) < 4.78 is 0. The molecule has 1 saturated heterocycles. The highest BCUT2D eigenvalue weighted by Gasteiger charge is 2.59. The van der Waals surface area contributed by atoms with E-state index in [2.05, 4.69) is 83.8 Å². The van der Waals surface area contributed by atoms with Gasteiger partial charge >= 0.3 is 6.09 Å². The van der Waals surface area contributed by atoms with Crippen molar-refractivity contribution in [1.29, 1.82) is 0 Å². The zero-order valence-electron chi connectivity index (χ0n) is 19.5. The molecule has 0 spiro atoms. The maximum atomic E-state index is 12.9. The molecular weight excluding hydrogens is 420 g/mol. The number of rotatable bonds is 4. The summed E-state index contributed by atoms with van der Waals surface area (Å²) in [6.45, 7) is 3.57. The minimum absolute atomic E-state index is 0.277. The summed E-state index contributed by atoms with van der Waals surface area (Å²) in [5.74, 6) is 1.21. The van der Waals surface area contributed by atoms with Crippen LogP contribution in [-0.2, 0) is 18.5 Å². The topological polar surface area (TPSA) is 43.8 Å². The van der Waals surface area contributed by atoms with Crippen molar-refractivity contribution >= 4 is 6.09 Å². The molecule has 1 amide bonds. The number of benzene rings is 3. The Morgan fingerprint density at radius 1 is 0.853 bits per heavy atom. The minimum atomic E-state index is -0.801. The third kappa shape index (κ3) is 3.35. The number of nitrogens with zero attached hydrogens (tertiary/aromatic N) is 2. The Hall–Kier alpha value is -3.11. The molecule has 3 aromatic rings. The van der Waals surface area contributed by atoms with Crippen LogP contribution in [-0.4, -0.2) is 40.6 Å². The second-order valence-electron chi connectivity index (χ2n) is 10.3. The number of likely N-dealkylation sites (tertiary alicyclic amines) is 1. The average molecular weight is 453 g/mol. The highest BCUT2D eigenvalue weighted by Crippen LogP contribution is 2.57. The van der Waals surface area contributed by atoms with Gasteiger partial charge in [0, 0.05) is 26.2 Å². The Balaban J connectivity index is 1.46. The standard InChI is InChI=1S/C30H32N2O2/c33-29(34)32-18-17-23-11-7-8-14-27(23)30(32,26-12-5-2-6-13-26)28-24-15-16-25(28)21-31(20-24)19-22-9-3-1-4-10-22/h1-14,24-25,28H,15-21H2,(H,33,34). The van der Waals surface area contributed by atoms with Crippen LogP contribution in [0.5, 0.6) is 0 Å². The Bertz CT molecular complexity index is 1150. The van der Waals surface area contributed by atoms with E-state index in [9.17, 15) is 9.90 Å². The first-order valence-corrected chi connectivity index (χ1v) is 12.6. The van der Waals surface area contributed by atoms with Gasteiger partial charge in [0.1, 0.15) is 5.54 Å². The molecule has 174 valence electrons. The van der Waals surface area contributed by atoms with E-state index in [0.29, 0.717) is 18.4 Å². The molecule has 1 aliphatic carbocycles. The third-order valence-electron chi connectivity index (χ3n) is 8.54. The van der Waals surface area contributed by atoms with Crippen LogP contribution in [0, 0.1) is 17.8 Å². The summed E-state index contributed by atoms with van der Waals surface area (Å²) in [5.41, 5.74) is 4.35. The summed E-state index contributed by atoms with van der Waals surface area (Å²) in [6.07, 6.45) is 2.32. The zero-order chi connectivity index (χ0) is 23.1. The molecular formula is C30H32N2O2. The average Bonchev–Trinajstić information content (AvgIpc) is 3.14. The molecule has 1 N–H and O–H groups in total. The molecule has 1 saturated carbocycles. The Morgan fingerprint density at radius 2 is 1.47 bits per heavy atom. The van der Waals surface area contributed by atoms with Crippen molar-refractivity contribution in [2.45, 2.75) is 31.3 Å². The normalized spacial score (nSPS) is 28.5. The van der Waals surface area contributed by atoms with E-state index >= 15 is 0 Å². The summed E-state index contributed by atoms with van der Waals surface area (Å²) in [6, 6.07) is 29.8. The van der Waals surface area contributed by atoms with Gasteiger partial charge in [-0.05, 0) is 59.3 Å². The lowest BCUT2D eigenvalue weighted by Crippen LogP contribution is -2.62. The molecule has 3 unspecified atom stereocenters. The van der Waals surface area contributed by atoms with Crippen LogP contribution in [0.4, 0.5) is 4.79 Å². The van der Waals surface area contributed by atoms with Gasteiger partial charge in [0.05, 0.1) is 0 Å². The Morgan fingerprint density at radius 3 is 2.15 bits per heavy atom. The molecule has 3 aliphatic rings. The fourth-order valence-corrected chi connectivity index (χ4v) is 7.44.